The zero-order valence-electron chi connectivity index (χ0n) is 11.3. The molecule has 0 radical (unpaired) electrons. The topological polar surface area (TPSA) is 89.4 Å². The molecule has 0 aliphatic carbocycles. The number of aromatic nitrogens is 2. The number of aryl methyl sites for hydroxylation is 1. The van der Waals surface area contributed by atoms with E-state index in [1.165, 1.54) is 25.1 Å². The van der Waals surface area contributed by atoms with Crippen LogP contribution in [0.1, 0.15) is 31.4 Å². The molecule has 0 bridgehead atoms. The van der Waals surface area contributed by atoms with Crippen LogP contribution in [0.4, 0.5) is 0 Å². The van der Waals surface area contributed by atoms with Crippen molar-refractivity contribution in [1.29, 1.82) is 0 Å². The van der Waals surface area contributed by atoms with Gasteiger partial charge in [0.05, 0.1) is 24.1 Å². The zero-order chi connectivity index (χ0) is 15.4. The molecule has 0 aromatic carbocycles. The summed E-state index contributed by atoms with van der Waals surface area (Å²) in [6, 6.07) is 3.38. The summed E-state index contributed by atoms with van der Waals surface area (Å²) in [6.45, 7) is 1.67. The lowest BCUT2D eigenvalue weighted by Crippen LogP contribution is -2.02. The lowest BCUT2D eigenvalue weighted by atomic mass is 10.2. The van der Waals surface area contributed by atoms with Crippen molar-refractivity contribution in [3.63, 3.8) is 0 Å². The van der Waals surface area contributed by atoms with Crippen molar-refractivity contribution in [3.8, 4) is 0 Å². The van der Waals surface area contributed by atoms with Crippen molar-refractivity contribution < 1.29 is 19.4 Å². The van der Waals surface area contributed by atoms with Crippen molar-refractivity contribution in [2.24, 2.45) is 0 Å². The number of carboxylic acid groups (broad SMARTS) is 1. The van der Waals surface area contributed by atoms with Crippen LogP contribution in [0.15, 0.2) is 22.7 Å². The first kappa shape index (κ1) is 15.5. The molecular formula is C13H12N2O4S2. The fourth-order valence-corrected chi connectivity index (χ4v) is 3.46. The number of carbonyl (C=O) groups is 2. The van der Waals surface area contributed by atoms with Gasteiger partial charge in [-0.25, -0.2) is 14.6 Å². The third-order valence-electron chi connectivity index (χ3n) is 2.56. The lowest BCUT2D eigenvalue weighted by Gasteiger charge is -2.01. The number of ether oxygens (including phenoxy) is 1. The highest BCUT2D eigenvalue weighted by atomic mass is 32.2. The van der Waals surface area contributed by atoms with Crippen molar-refractivity contribution in [2.45, 2.75) is 17.0 Å². The van der Waals surface area contributed by atoms with Crippen LogP contribution in [0.2, 0.25) is 0 Å². The second kappa shape index (κ2) is 6.68. The second-order valence-electron chi connectivity index (χ2n) is 4.02. The van der Waals surface area contributed by atoms with Gasteiger partial charge < -0.3 is 9.84 Å². The highest BCUT2D eigenvalue weighted by Crippen LogP contribution is 2.29. The van der Waals surface area contributed by atoms with Crippen LogP contribution in [0.25, 0.3) is 0 Å². The molecule has 0 unspecified atom stereocenters. The van der Waals surface area contributed by atoms with Gasteiger partial charge in [0.2, 0.25) is 0 Å². The molecule has 2 aromatic heterocycles. The number of pyridine rings is 1. The van der Waals surface area contributed by atoms with Crippen LogP contribution in [0.3, 0.4) is 0 Å². The number of carbonyl (C=O) groups excluding carboxylic acids is 1. The SMILES string of the molecule is COC(=O)c1ccc(CSc2nc(C)c(C(=O)O)s2)nc1. The maximum Gasteiger partial charge on any atom is 0.347 e. The number of methoxy groups -OCH3 is 1. The van der Waals surface area contributed by atoms with E-state index in [0.717, 1.165) is 17.0 Å². The fourth-order valence-electron chi connectivity index (χ4n) is 1.52. The van der Waals surface area contributed by atoms with E-state index in [0.29, 0.717) is 21.3 Å². The largest absolute Gasteiger partial charge is 0.477 e. The standard InChI is InChI=1S/C13H12N2O4S2/c1-7-10(11(16)17)21-13(15-7)20-6-9-4-3-8(5-14-9)12(18)19-2/h3-5H,6H2,1-2H3,(H,16,17). The predicted molar refractivity (Wildman–Crippen MR) is 78.9 cm³/mol. The summed E-state index contributed by atoms with van der Waals surface area (Å²) in [4.78, 5) is 30.8. The number of esters is 1. The van der Waals surface area contributed by atoms with Crippen LogP contribution in [-0.4, -0.2) is 34.1 Å². The first-order valence-electron chi connectivity index (χ1n) is 5.88. The number of hydrogen-bond acceptors (Lipinski definition) is 7. The van der Waals surface area contributed by atoms with Gasteiger partial charge in [0.1, 0.15) is 4.88 Å². The van der Waals surface area contributed by atoms with Crippen molar-refractivity contribution in [2.75, 3.05) is 7.11 Å². The third-order valence-corrected chi connectivity index (χ3v) is 4.88. The van der Waals surface area contributed by atoms with Crippen molar-refractivity contribution in [1.82, 2.24) is 9.97 Å². The number of hydrogen-bond donors (Lipinski definition) is 1. The fraction of sp³-hybridized carbons (Fsp3) is 0.231. The van der Waals surface area contributed by atoms with Gasteiger partial charge >= 0.3 is 11.9 Å². The number of carboxylic acids is 1. The first-order valence-corrected chi connectivity index (χ1v) is 7.68. The first-order chi connectivity index (χ1) is 10.0. The molecule has 0 aliphatic heterocycles. The number of aromatic carboxylic acids is 1. The highest BCUT2D eigenvalue weighted by molar-refractivity contribution is 8.00. The number of thiazole rings is 1. The highest BCUT2D eigenvalue weighted by Gasteiger charge is 2.14. The molecule has 0 fully saturated rings. The molecule has 0 aliphatic rings. The Labute approximate surface area is 129 Å². The molecule has 2 rings (SSSR count). The summed E-state index contributed by atoms with van der Waals surface area (Å²) in [6.07, 6.45) is 1.46. The molecule has 8 heteroatoms. The van der Waals surface area contributed by atoms with Gasteiger partial charge in [0.25, 0.3) is 0 Å². The predicted octanol–water partition coefficient (Wildman–Crippen LogP) is 2.62. The Hall–Kier alpha value is -1.93. The molecule has 0 saturated heterocycles. The zero-order valence-corrected chi connectivity index (χ0v) is 13.0. The van der Waals surface area contributed by atoms with E-state index in [9.17, 15) is 9.59 Å². The van der Waals surface area contributed by atoms with Crippen LogP contribution >= 0.6 is 23.1 Å². The van der Waals surface area contributed by atoms with E-state index >= 15 is 0 Å². The van der Waals surface area contributed by atoms with Gasteiger partial charge in [-0.05, 0) is 19.1 Å². The van der Waals surface area contributed by atoms with E-state index < -0.39 is 11.9 Å². The molecule has 0 atom stereocenters. The van der Waals surface area contributed by atoms with E-state index in [1.54, 1.807) is 19.1 Å². The Kier molecular flexibility index (Phi) is 4.92. The summed E-state index contributed by atoms with van der Waals surface area (Å²) in [7, 11) is 1.32. The maximum atomic E-state index is 11.3. The normalized spacial score (nSPS) is 10.4. The van der Waals surface area contributed by atoms with E-state index in [4.69, 9.17) is 5.11 Å². The summed E-state index contributed by atoms with van der Waals surface area (Å²) < 4.78 is 5.28. The molecule has 6 nitrogen and oxygen atoms in total. The third kappa shape index (κ3) is 3.79. The van der Waals surface area contributed by atoms with Gasteiger partial charge in [-0.3, -0.25) is 4.98 Å². The molecule has 2 aromatic rings. The molecule has 1 N–H and O–H groups in total. The van der Waals surface area contributed by atoms with E-state index in [1.807, 2.05) is 0 Å². The van der Waals surface area contributed by atoms with E-state index in [-0.39, 0.29) is 4.88 Å². The molecule has 2 heterocycles. The number of thioether (sulfide) groups is 1. The molecule has 0 saturated carbocycles. The van der Waals surface area contributed by atoms with Crippen molar-refractivity contribution in [3.05, 3.63) is 40.2 Å². The summed E-state index contributed by atoms with van der Waals surface area (Å²) in [5, 5.41) is 8.98. The van der Waals surface area contributed by atoms with Crippen molar-refractivity contribution >= 4 is 35.0 Å². The molecule has 0 amide bonds. The Morgan fingerprint density at radius 3 is 2.71 bits per heavy atom. The molecular weight excluding hydrogens is 312 g/mol. The van der Waals surface area contributed by atoms with Crippen LogP contribution in [0.5, 0.6) is 0 Å². The van der Waals surface area contributed by atoms with Gasteiger partial charge in [0, 0.05) is 11.9 Å². The Morgan fingerprint density at radius 2 is 2.19 bits per heavy atom. The molecule has 110 valence electrons. The minimum Gasteiger partial charge on any atom is -0.477 e. The quantitative estimate of drug-likeness (QED) is 0.668. The summed E-state index contributed by atoms with van der Waals surface area (Å²) >= 11 is 2.56. The average molecular weight is 324 g/mol. The minimum absolute atomic E-state index is 0.256. The Balaban J connectivity index is 2.01. The monoisotopic (exact) mass is 324 g/mol. The van der Waals surface area contributed by atoms with Crippen LogP contribution in [0, 0.1) is 6.92 Å². The van der Waals surface area contributed by atoms with Crippen LogP contribution < -0.4 is 0 Å². The lowest BCUT2D eigenvalue weighted by molar-refractivity contribution is 0.0599. The van der Waals surface area contributed by atoms with Gasteiger partial charge in [-0.2, -0.15) is 0 Å². The Morgan fingerprint density at radius 1 is 1.43 bits per heavy atom. The van der Waals surface area contributed by atoms with Gasteiger partial charge in [-0.1, -0.05) is 11.8 Å². The molecule has 0 spiro atoms. The van der Waals surface area contributed by atoms with Crippen LogP contribution in [-0.2, 0) is 10.5 Å². The summed E-state index contributed by atoms with van der Waals surface area (Å²) in [5.74, 6) is -0.839. The smallest absolute Gasteiger partial charge is 0.347 e. The number of nitrogens with zero attached hydrogens (tertiary/aromatic N) is 2. The minimum atomic E-state index is -0.961. The van der Waals surface area contributed by atoms with Gasteiger partial charge in [0.15, 0.2) is 4.34 Å². The van der Waals surface area contributed by atoms with Gasteiger partial charge in [-0.15, -0.1) is 11.3 Å². The Bertz CT molecular complexity index is 667. The van der Waals surface area contributed by atoms with E-state index in [2.05, 4.69) is 14.7 Å². The number of rotatable bonds is 5. The maximum absolute atomic E-state index is 11.3. The molecule has 21 heavy (non-hydrogen) atoms. The summed E-state index contributed by atoms with van der Waals surface area (Å²) in [5.41, 5.74) is 1.69. The average Bonchev–Trinajstić information content (AvgIpc) is 2.86. The second-order valence-corrected chi connectivity index (χ2v) is 6.24.